The van der Waals surface area contributed by atoms with Crippen molar-refractivity contribution in [2.24, 2.45) is 0 Å². The Kier molecular flexibility index (Phi) is 4.22. The van der Waals surface area contributed by atoms with Crippen molar-refractivity contribution >= 4 is 17.3 Å². The highest BCUT2D eigenvalue weighted by Crippen LogP contribution is 2.34. The lowest BCUT2D eigenvalue weighted by atomic mass is 10.1. The summed E-state index contributed by atoms with van der Waals surface area (Å²) in [6.07, 6.45) is 0. The van der Waals surface area contributed by atoms with Gasteiger partial charge in [-0.1, -0.05) is 12.1 Å². The van der Waals surface area contributed by atoms with Crippen LogP contribution in [0.5, 0.6) is 5.75 Å². The monoisotopic (exact) mass is 276 g/mol. The second kappa shape index (κ2) is 5.89. The van der Waals surface area contributed by atoms with Gasteiger partial charge in [-0.2, -0.15) is 0 Å². The summed E-state index contributed by atoms with van der Waals surface area (Å²) in [5, 5.41) is 0. The Morgan fingerprint density at radius 2 is 2.11 bits per heavy atom. The number of aryl methyl sites for hydroxylation is 1. The van der Waals surface area contributed by atoms with Gasteiger partial charge in [0, 0.05) is 9.75 Å². The lowest BCUT2D eigenvalue weighted by Gasteiger charge is -2.05. The van der Waals surface area contributed by atoms with Crippen molar-refractivity contribution in [2.75, 3.05) is 13.7 Å². The van der Waals surface area contributed by atoms with Crippen molar-refractivity contribution in [3.8, 4) is 16.2 Å². The van der Waals surface area contributed by atoms with Crippen molar-refractivity contribution in [1.29, 1.82) is 0 Å². The van der Waals surface area contributed by atoms with Gasteiger partial charge in [-0.15, -0.1) is 11.3 Å². The second-order valence-electron chi connectivity index (χ2n) is 4.05. The summed E-state index contributed by atoms with van der Waals surface area (Å²) >= 11 is 1.58. The van der Waals surface area contributed by atoms with Crippen LogP contribution in [-0.4, -0.2) is 19.7 Å². The molecule has 0 aliphatic heterocycles. The molecule has 0 amide bonds. The van der Waals surface area contributed by atoms with Crippen LogP contribution in [0.25, 0.3) is 10.4 Å². The van der Waals surface area contributed by atoms with Gasteiger partial charge in [0.15, 0.2) is 0 Å². The van der Waals surface area contributed by atoms with Crippen LogP contribution in [0, 0.1) is 6.92 Å². The number of esters is 1. The van der Waals surface area contributed by atoms with Gasteiger partial charge in [-0.3, -0.25) is 0 Å². The standard InChI is InChI=1S/C15H16O3S/c1-4-18-15(16)13-8-10(2)19-14(13)11-6-5-7-12(9-11)17-3/h5-9H,4H2,1-3H3. The molecule has 3 nitrogen and oxygen atoms in total. The van der Waals surface area contributed by atoms with E-state index in [-0.39, 0.29) is 5.97 Å². The van der Waals surface area contributed by atoms with E-state index in [1.54, 1.807) is 18.4 Å². The van der Waals surface area contributed by atoms with Crippen molar-refractivity contribution < 1.29 is 14.3 Å². The topological polar surface area (TPSA) is 35.5 Å². The summed E-state index contributed by atoms with van der Waals surface area (Å²) in [5.74, 6) is 0.503. The molecule has 0 fully saturated rings. The quantitative estimate of drug-likeness (QED) is 0.794. The molecule has 1 heterocycles. The molecule has 0 saturated carbocycles. The van der Waals surface area contributed by atoms with Gasteiger partial charge < -0.3 is 9.47 Å². The van der Waals surface area contributed by atoms with Crippen LogP contribution in [0.15, 0.2) is 30.3 Å². The zero-order valence-corrected chi connectivity index (χ0v) is 12.0. The molecular formula is C15H16O3S. The molecule has 2 aromatic rings. The van der Waals surface area contributed by atoms with E-state index >= 15 is 0 Å². The van der Waals surface area contributed by atoms with E-state index in [9.17, 15) is 4.79 Å². The van der Waals surface area contributed by atoms with E-state index in [4.69, 9.17) is 9.47 Å². The molecule has 0 saturated heterocycles. The van der Waals surface area contributed by atoms with Crippen LogP contribution in [0.3, 0.4) is 0 Å². The maximum Gasteiger partial charge on any atom is 0.339 e. The molecule has 0 unspecified atom stereocenters. The van der Waals surface area contributed by atoms with Gasteiger partial charge in [0.05, 0.1) is 19.3 Å². The molecule has 100 valence electrons. The van der Waals surface area contributed by atoms with Crippen molar-refractivity contribution in [2.45, 2.75) is 13.8 Å². The van der Waals surface area contributed by atoms with E-state index in [1.165, 1.54) is 0 Å². The molecule has 0 bridgehead atoms. The van der Waals surface area contributed by atoms with Gasteiger partial charge in [0.2, 0.25) is 0 Å². The smallest absolute Gasteiger partial charge is 0.339 e. The molecule has 1 aromatic heterocycles. The van der Waals surface area contributed by atoms with E-state index < -0.39 is 0 Å². The highest BCUT2D eigenvalue weighted by Gasteiger charge is 2.17. The fourth-order valence-electron chi connectivity index (χ4n) is 1.85. The number of thiophene rings is 1. The van der Waals surface area contributed by atoms with Gasteiger partial charge >= 0.3 is 5.97 Å². The van der Waals surface area contributed by atoms with E-state index in [0.29, 0.717) is 12.2 Å². The number of ether oxygens (including phenoxy) is 2. The minimum Gasteiger partial charge on any atom is -0.497 e. The molecule has 2 rings (SSSR count). The predicted molar refractivity (Wildman–Crippen MR) is 77.0 cm³/mol. The number of methoxy groups -OCH3 is 1. The highest BCUT2D eigenvalue weighted by molar-refractivity contribution is 7.15. The summed E-state index contributed by atoms with van der Waals surface area (Å²) in [6, 6.07) is 9.56. The fraction of sp³-hybridized carbons (Fsp3) is 0.267. The lowest BCUT2D eigenvalue weighted by Crippen LogP contribution is -2.04. The summed E-state index contributed by atoms with van der Waals surface area (Å²) in [7, 11) is 1.63. The fourth-order valence-corrected chi connectivity index (χ4v) is 2.85. The Bertz CT molecular complexity index is 587. The summed E-state index contributed by atoms with van der Waals surface area (Å²) < 4.78 is 10.3. The van der Waals surface area contributed by atoms with Gasteiger partial charge in [-0.05, 0) is 37.6 Å². The molecule has 0 aliphatic carbocycles. The first-order chi connectivity index (χ1) is 9.15. The van der Waals surface area contributed by atoms with Crippen LogP contribution < -0.4 is 4.74 Å². The van der Waals surface area contributed by atoms with Crippen LogP contribution in [-0.2, 0) is 4.74 Å². The minimum absolute atomic E-state index is 0.273. The molecular weight excluding hydrogens is 260 g/mol. The molecule has 0 spiro atoms. The molecule has 4 heteroatoms. The Labute approximate surface area is 116 Å². The summed E-state index contributed by atoms with van der Waals surface area (Å²) in [4.78, 5) is 14.0. The number of carbonyl (C=O) groups is 1. The van der Waals surface area contributed by atoms with Crippen LogP contribution in [0.4, 0.5) is 0 Å². The number of benzene rings is 1. The Morgan fingerprint density at radius 3 is 2.79 bits per heavy atom. The predicted octanol–water partition coefficient (Wildman–Crippen LogP) is 3.91. The van der Waals surface area contributed by atoms with Gasteiger partial charge in [0.1, 0.15) is 5.75 Å². The normalized spacial score (nSPS) is 10.3. The molecule has 19 heavy (non-hydrogen) atoms. The number of carbonyl (C=O) groups excluding carboxylic acids is 1. The van der Waals surface area contributed by atoms with Crippen LogP contribution in [0.2, 0.25) is 0 Å². The van der Waals surface area contributed by atoms with E-state index in [2.05, 4.69) is 0 Å². The van der Waals surface area contributed by atoms with Crippen LogP contribution >= 0.6 is 11.3 Å². The van der Waals surface area contributed by atoms with Gasteiger partial charge in [-0.25, -0.2) is 4.79 Å². The Morgan fingerprint density at radius 1 is 1.32 bits per heavy atom. The Balaban J connectivity index is 2.46. The van der Waals surface area contributed by atoms with Crippen molar-refractivity contribution in [3.05, 3.63) is 40.8 Å². The van der Waals surface area contributed by atoms with E-state index in [0.717, 1.165) is 21.1 Å². The van der Waals surface area contributed by atoms with Gasteiger partial charge in [0.25, 0.3) is 0 Å². The first-order valence-electron chi connectivity index (χ1n) is 6.07. The second-order valence-corrected chi connectivity index (χ2v) is 5.31. The number of hydrogen-bond donors (Lipinski definition) is 0. The average Bonchev–Trinajstić information content (AvgIpc) is 2.81. The maximum absolute atomic E-state index is 12.0. The molecule has 0 aliphatic rings. The number of rotatable bonds is 4. The lowest BCUT2D eigenvalue weighted by molar-refractivity contribution is 0.0528. The van der Waals surface area contributed by atoms with Crippen LogP contribution in [0.1, 0.15) is 22.2 Å². The summed E-state index contributed by atoms with van der Waals surface area (Å²) in [5.41, 5.74) is 1.60. The zero-order chi connectivity index (χ0) is 13.8. The largest absolute Gasteiger partial charge is 0.497 e. The maximum atomic E-state index is 12.0. The van der Waals surface area contributed by atoms with Crippen molar-refractivity contribution in [1.82, 2.24) is 0 Å². The molecule has 0 N–H and O–H groups in total. The zero-order valence-electron chi connectivity index (χ0n) is 11.2. The average molecular weight is 276 g/mol. The van der Waals surface area contributed by atoms with Crippen molar-refractivity contribution in [3.63, 3.8) is 0 Å². The molecule has 1 aromatic carbocycles. The third-order valence-electron chi connectivity index (χ3n) is 2.68. The first-order valence-corrected chi connectivity index (χ1v) is 6.89. The minimum atomic E-state index is -0.273. The van der Waals surface area contributed by atoms with E-state index in [1.807, 2.05) is 44.2 Å². The summed E-state index contributed by atoms with van der Waals surface area (Å²) in [6.45, 7) is 4.17. The first kappa shape index (κ1) is 13.6. The SMILES string of the molecule is CCOC(=O)c1cc(C)sc1-c1cccc(OC)c1. The molecule has 0 atom stereocenters. The third-order valence-corrected chi connectivity index (χ3v) is 3.78. The third kappa shape index (κ3) is 2.96. The Hall–Kier alpha value is -1.81. The highest BCUT2D eigenvalue weighted by atomic mass is 32.1. The molecule has 0 radical (unpaired) electrons. The number of hydrogen-bond acceptors (Lipinski definition) is 4.